The monoisotopic (exact) mass is 402 g/mol. The van der Waals surface area contributed by atoms with E-state index in [0.717, 1.165) is 5.57 Å². The minimum absolute atomic E-state index is 0.0251. The van der Waals surface area contributed by atoms with Gasteiger partial charge in [0, 0.05) is 36.4 Å². The van der Waals surface area contributed by atoms with Crippen LogP contribution in [0.3, 0.4) is 0 Å². The van der Waals surface area contributed by atoms with Gasteiger partial charge in [-0.2, -0.15) is 12.3 Å². The molecule has 3 rings (SSSR count). The molecular formula is C19H20N3O5S+. The van der Waals surface area contributed by atoms with Gasteiger partial charge in [0.1, 0.15) is 24.2 Å². The molecule has 0 saturated heterocycles. The fourth-order valence-electron chi connectivity index (χ4n) is 2.99. The van der Waals surface area contributed by atoms with Gasteiger partial charge in [0.05, 0.1) is 11.2 Å². The molecule has 1 aliphatic rings. The smallest absolute Gasteiger partial charge is 0.303 e. The van der Waals surface area contributed by atoms with Crippen LogP contribution in [-0.4, -0.2) is 32.7 Å². The molecule has 0 amide bonds. The summed E-state index contributed by atoms with van der Waals surface area (Å²) in [5.41, 5.74) is 6.98. The summed E-state index contributed by atoms with van der Waals surface area (Å²) in [7, 11) is -3.52. The highest BCUT2D eigenvalue weighted by Gasteiger charge is 2.40. The molecule has 1 heterocycles. The molecule has 8 nitrogen and oxygen atoms in total. The lowest BCUT2D eigenvalue weighted by Crippen LogP contribution is -2.50. The molecule has 0 radical (unpaired) electrons. The molecule has 2 aromatic carbocycles. The molecule has 1 aliphatic heterocycles. The number of hydrogen-bond acceptors (Lipinski definition) is 6. The van der Waals surface area contributed by atoms with Crippen molar-refractivity contribution in [2.75, 3.05) is 19.3 Å². The third kappa shape index (κ3) is 3.81. The van der Waals surface area contributed by atoms with Gasteiger partial charge in [-0.05, 0) is 30.3 Å². The fraction of sp³-hybridized carbons (Fsp3) is 0.158. The first kappa shape index (κ1) is 19.7. The maximum Gasteiger partial charge on any atom is 0.303 e. The summed E-state index contributed by atoms with van der Waals surface area (Å²) in [6.45, 7) is 0.512. The van der Waals surface area contributed by atoms with Crippen LogP contribution in [0.25, 0.3) is 0 Å². The Morgan fingerprint density at radius 3 is 2.18 bits per heavy atom. The molecule has 0 aliphatic carbocycles. The van der Waals surface area contributed by atoms with Gasteiger partial charge in [0.2, 0.25) is 0 Å². The molecule has 9 heteroatoms. The number of nitrogens with two attached hydrogens (primary N) is 1. The number of nitrogens with zero attached hydrogens (tertiary/aromatic N) is 2. The Balaban J connectivity index is 1.89. The summed E-state index contributed by atoms with van der Waals surface area (Å²) in [4.78, 5) is 10.2. The molecular weight excluding hydrogens is 382 g/mol. The van der Waals surface area contributed by atoms with Crippen LogP contribution in [0.1, 0.15) is 0 Å². The second-order valence-electron chi connectivity index (χ2n) is 6.37. The normalized spacial score (nSPS) is 19.1. The van der Waals surface area contributed by atoms with Crippen LogP contribution in [0.15, 0.2) is 72.5 Å². The minimum Gasteiger partial charge on any atom is -0.457 e. The number of quaternary nitrogens is 1. The van der Waals surface area contributed by atoms with Crippen LogP contribution < -0.4 is 14.4 Å². The van der Waals surface area contributed by atoms with E-state index in [0.29, 0.717) is 17.2 Å². The van der Waals surface area contributed by atoms with E-state index in [1.807, 2.05) is 6.08 Å². The second-order valence-corrected chi connectivity index (χ2v) is 8.49. The molecule has 2 N–H and O–H groups in total. The van der Waals surface area contributed by atoms with Crippen LogP contribution in [0.2, 0.25) is 0 Å². The lowest BCUT2D eigenvalue weighted by Gasteiger charge is -2.33. The molecule has 1 unspecified atom stereocenters. The van der Waals surface area contributed by atoms with Crippen molar-refractivity contribution in [3.8, 4) is 11.5 Å². The van der Waals surface area contributed by atoms with E-state index >= 15 is 0 Å². The van der Waals surface area contributed by atoms with Crippen LogP contribution in [-0.2, 0) is 10.0 Å². The molecule has 1 atom stereocenters. The number of non-ortho nitro benzene ring substituents is 1. The standard InChI is InChI=1S/C19H20N3O5S/c1-28(25,26)22(12-2-3-15(13-20)14-22)17-6-10-19(11-7-17)27-18-8-4-16(5-9-18)21(23)24/h2-11,14H,12-13,20H2,1H3/q+1. The Labute approximate surface area is 162 Å². The fourth-order valence-corrected chi connectivity index (χ4v) is 4.17. The van der Waals surface area contributed by atoms with E-state index in [4.69, 9.17) is 10.5 Å². The van der Waals surface area contributed by atoms with Crippen molar-refractivity contribution in [2.45, 2.75) is 0 Å². The zero-order valence-corrected chi connectivity index (χ0v) is 16.0. The Morgan fingerprint density at radius 2 is 1.68 bits per heavy atom. The van der Waals surface area contributed by atoms with Crippen molar-refractivity contribution in [3.05, 3.63) is 82.6 Å². The van der Waals surface area contributed by atoms with Crippen molar-refractivity contribution in [1.29, 1.82) is 0 Å². The quantitative estimate of drug-likeness (QED) is 0.451. The van der Waals surface area contributed by atoms with Crippen LogP contribution in [0, 0.1) is 10.1 Å². The number of nitro benzene ring substituents is 1. The van der Waals surface area contributed by atoms with Crippen molar-refractivity contribution in [1.82, 2.24) is 3.89 Å². The highest BCUT2D eigenvalue weighted by molar-refractivity contribution is 7.90. The van der Waals surface area contributed by atoms with Crippen molar-refractivity contribution >= 4 is 21.4 Å². The molecule has 0 saturated carbocycles. The van der Waals surface area contributed by atoms with E-state index in [1.165, 1.54) is 30.5 Å². The third-order valence-corrected chi connectivity index (χ3v) is 6.12. The lowest BCUT2D eigenvalue weighted by atomic mass is 10.2. The zero-order chi connectivity index (χ0) is 20.4. The largest absolute Gasteiger partial charge is 0.457 e. The summed E-state index contributed by atoms with van der Waals surface area (Å²) in [6, 6.07) is 12.4. The van der Waals surface area contributed by atoms with Gasteiger partial charge in [-0.15, -0.1) is 0 Å². The first-order chi connectivity index (χ1) is 13.2. The van der Waals surface area contributed by atoms with E-state index in [-0.39, 0.29) is 22.7 Å². The molecule has 146 valence electrons. The molecule has 0 spiro atoms. The van der Waals surface area contributed by atoms with Gasteiger partial charge in [-0.3, -0.25) is 10.1 Å². The van der Waals surface area contributed by atoms with Crippen molar-refractivity contribution in [2.24, 2.45) is 5.73 Å². The average Bonchev–Trinajstić information content (AvgIpc) is 2.68. The van der Waals surface area contributed by atoms with Gasteiger partial charge in [-0.1, -0.05) is 6.08 Å². The first-order valence-electron chi connectivity index (χ1n) is 8.44. The topological polar surface area (TPSA) is 113 Å². The Hall–Kier alpha value is -3.01. The van der Waals surface area contributed by atoms with Gasteiger partial charge < -0.3 is 10.5 Å². The average molecular weight is 402 g/mol. The number of benzene rings is 2. The van der Waals surface area contributed by atoms with E-state index < -0.39 is 14.9 Å². The van der Waals surface area contributed by atoms with E-state index in [9.17, 15) is 18.5 Å². The zero-order valence-electron chi connectivity index (χ0n) is 15.2. The summed E-state index contributed by atoms with van der Waals surface area (Å²) in [5.74, 6) is 0.927. The van der Waals surface area contributed by atoms with Gasteiger partial charge in [0.25, 0.3) is 5.69 Å². The Morgan fingerprint density at radius 1 is 1.11 bits per heavy atom. The SMILES string of the molecule is CS(=O)(=O)[N+]1(c2ccc(Oc3ccc([N+](=O)[O-])cc3)cc2)C=C(CN)C=CC1. The minimum atomic E-state index is -3.52. The Kier molecular flexibility index (Phi) is 5.32. The summed E-state index contributed by atoms with van der Waals surface area (Å²) < 4.78 is 30.5. The molecule has 2 aromatic rings. The van der Waals surface area contributed by atoms with Crippen molar-refractivity contribution < 1.29 is 18.1 Å². The summed E-state index contributed by atoms with van der Waals surface area (Å²) in [6.07, 6.45) is 6.47. The number of hydrogen-bond donors (Lipinski definition) is 1. The molecule has 0 aromatic heterocycles. The van der Waals surface area contributed by atoms with Crippen LogP contribution in [0.4, 0.5) is 11.4 Å². The molecule has 28 heavy (non-hydrogen) atoms. The van der Waals surface area contributed by atoms with Crippen LogP contribution in [0.5, 0.6) is 11.5 Å². The maximum atomic E-state index is 12.6. The van der Waals surface area contributed by atoms with Gasteiger partial charge >= 0.3 is 10.0 Å². The van der Waals surface area contributed by atoms with E-state index in [2.05, 4.69) is 0 Å². The van der Waals surface area contributed by atoms with E-state index in [1.54, 1.807) is 36.5 Å². The van der Waals surface area contributed by atoms with Gasteiger partial charge in [0.15, 0.2) is 5.69 Å². The lowest BCUT2D eigenvalue weighted by molar-refractivity contribution is -0.384. The maximum absolute atomic E-state index is 12.6. The highest BCUT2D eigenvalue weighted by Crippen LogP contribution is 2.34. The number of ether oxygens (including phenoxy) is 1. The first-order valence-corrected chi connectivity index (χ1v) is 10.3. The number of rotatable bonds is 6. The predicted molar refractivity (Wildman–Crippen MR) is 107 cm³/mol. The summed E-state index contributed by atoms with van der Waals surface area (Å²) >= 11 is 0. The number of sulfonamides is 1. The van der Waals surface area contributed by atoms with Crippen molar-refractivity contribution in [3.63, 3.8) is 0 Å². The molecule has 0 bridgehead atoms. The van der Waals surface area contributed by atoms with Crippen LogP contribution >= 0.6 is 0 Å². The third-order valence-electron chi connectivity index (χ3n) is 4.47. The Bertz CT molecular complexity index is 1040. The number of nitro groups is 1. The summed E-state index contributed by atoms with van der Waals surface area (Å²) in [5, 5.41) is 10.7. The highest BCUT2D eigenvalue weighted by atomic mass is 32.2. The second kappa shape index (κ2) is 7.55. The molecule has 0 fully saturated rings. The van der Waals surface area contributed by atoms with Gasteiger partial charge in [-0.25, -0.2) is 0 Å². The predicted octanol–water partition coefficient (Wildman–Crippen LogP) is 3.07.